The molecule has 29 heavy (non-hydrogen) atoms. The molecular weight excluding hydrogens is 366 g/mol. The maximum absolute atomic E-state index is 5.18. The number of aromatic nitrogens is 3. The second-order valence-electron chi connectivity index (χ2n) is 7.56. The number of guanidine groups is 1. The van der Waals surface area contributed by atoms with E-state index >= 15 is 0 Å². The molecule has 1 fully saturated rings. The van der Waals surface area contributed by atoms with Crippen molar-refractivity contribution in [3.63, 3.8) is 0 Å². The van der Waals surface area contributed by atoms with Crippen LogP contribution < -0.4 is 15.4 Å². The van der Waals surface area contributed by atoms with Gasteiger partial charge in [-0.15, -0.1) is 0 Å². The smallest absolute Gasteiger partial charge is 0.191 e. The Balaban J connectivity index is 1.38. The molecule has 0 aliphatic carbocycles. The van der Waals surface area contributed by atoms with E-state index in [-0.39, 0.29) is 0 Å². The number of piperidine rings is 1. The molecule has 3 rings (SSSR count). The summed E-state index contributed by atoms with van der Waals surface area (Å²) >= 11 is 0. The third-order valence-corrected chi connectivity index (χ3v) is 5.35. The number of nitrogens with zero attached hydrogens (tertiary/aromatic N) is 4. The van der Waals surface area contributed by atoms with Gasteiger partial charge in [0.15, 0.2) is 11.8 Å². The Morgan fingerprint density at radius 3 is 2.69 bits per heavy atom. The van der Waals surface area contributed by atoms with Crippen molar-refractivity contribution < 1.29 is 4.74 Å². The molecular formula is C21H33N7O. The normalized spacial score (nSPS) is 16.0. The van der Waals surface area contributed by atoms with Gasteiger partial charge < -0.3 is 20.3 Å². The largest absolute Gasteiger partial charge is 0.497 e. The Hall–Kier alpha value is -2.61. The van der Waals surface area contributed by atoms with Gasteiger partial charge >= 0.3 is 0 Å². The highest BCUT2D eigenvalue weighted by Gasteiger charge is 2.14. The van der Waals surface area contributed by atoms with E-state index in [9.17, 15) is 0 Å². The molecule has 0 bridgehead atoms. The monoisotopic (exact) mass is 399 g/mol. The molecule has 0 amide bonds. The van der Waals surface area contributed by atoms with Crippen LogP contribution in [-0.4, -0.2) is 66.4 Å². The molecule has 1 aliphatic heterocycles. The number of benzene rings is 1. The third-order valence-electron chi connectivity index (χ3n) is 5.35. The number of H-pyrrole nitrogens is 1. The van der Waals surface area contributed by atoms with Gasteiger partial charge in [-0.05, 0) is 69.1 Å². The van der Waals surface area contributed by atoms with E-state index in [4.69, 9.17) is 4.74 Å². The van der Waals surface area contributed by atoms with Crippen LogP contribution in [0.2, 0.25) is 0 Å². The topological polar surface area (TPSA) is 90.5 Å². The molecule has 0 saturated carbocycles. The first-order valence-electron chi connectivity index (χ1n) is 10.4. The lowest BCUT2D eigenvalue weighted by atomic mass is 9.99. The molecule has 158 valence electrons. The summed E-state index contributed by atoms with van der Waals surface area (Å²) in [5.74, 6) is 3.91. The zero-order valence-electron chi connectivity index (χ0n) is 17.7. The standard InChI is InChI=1S/C21H33N7O/c1-16-9-13-28(14-10-16)12-4-11-23-21(22-2)24-15-19-25-20(27-26-19)17-5-7-18(29-3)8-6-17/h5-8,16H,4,9-15H2,1-3H3,(H2,22,23,24)(H,25,26,27). The van der Waals surface area contributed by atoms with Crippen molar-refractivity contribution in [2.24, 2.45) is 10.9 Å². The molecule has 0 atom stereocenters. The molecule has 1 saturated heterocycles. The Morgan fingerprint density at radius 2 is 2.00 bits per heavy atom. The van der Waals surface area contributed by atoms with Gasteiger partial charge in [-0.2, -0.15) is 5.10 Å². The fourth-order valence-electron chi connectivity index (χ4n) is 3.43. The lowest BCUT2D eigenvalue weighted by Gasteiger charge is -2.30. The van der Waals surface area contributed by atoms with Gasteiger partial charge in [0.1, 0.15) is 11.6 Å². The molecule has 3 N–H and O–H groups in total. The molecule has 0 unspecified atom stereocenters. The second-order valence-corrected chi connectivity index (χ2v) is 7.56. The van der Waals surface area contributed by atoms with Crippen LogP contribution >= 0.6 is 0 Å². The number of hydrogen-bond donors (Lipinski definition) is 3. The Labute approximate surface area is 173 Å². The van der Waals surface area contributed by atoms with Crippen LogP contribution in [0.25, 0.3) is 11.4 Å². The van der Waals surface area contributed by atoms with Crippen molar-refractivity contribution in [2.45, 2.75) is 32.7 Å². The summed E-state index contributed by atoms with van der Waals surface area (Å²) in [6.45, 7) is 7.39. The first-order chi connectivity index (χ1) is 14.2. The van der Waals surface area contributed by atoms with Crippen LogP contribution in [0.5, 0.6) is 5.75 Å². The third kappa shape index (κ3) is 6.45. The number of nitrogens with one attached hydrogen (secondary N) is 3. The highest BCUT2D eigenvalue weighted by molar-refractivity contribution is 5.79. The van der Waals surface area contributed by atoms with E-state index in [0.717, 1.165) is 48.5 Å². The fourth-order valence-corrected chi connectivity index (χ4v) is 3.43. The van der Waals surface area contributed by atoms with Crippen molar-refractivity contribution in [1.29, 1.82) is 0 Å². The van der Waals surface area contributed by atoms with Gasteiger partial charge in [-0.3, -0.25) is 10.1 Å². The predicted octanol–water partition coefficient (Wildman–Crippen LogP) is 2.27. The SMILES string of the molecule is CN=C(NCCCN1CCC(C)CC1)NCc1nc(-c2ccc(OC)cc2)n[nH]1. The van der Waals surface area contributed by atoms with Gasteiger partial charge in [-0.25, -0.2) is 4.98 Å². The summed E-state index contributed by atoms with van der Waals surface area (Å²) in [7, 11) is 3.44. The fraction of sp³-hybridized carbons (Fsp3) is 0.571. The van der Waals surface area contributed by atoms with Crippen molar-refractivity contribution in [3.05, 3.63) is 30.1 Å². The van der Waals surface area contributed by atoms with Crippen LogP contribution in [-0.2, 0) is 6.54 Å². The average Bonchev–Trinajstić information content (AvgIpc) is 3.23. The minimum Gasteiger partial charge on any atom is -0.497 e. The highest BCUT2D eigenvalue weighted by Crippen LogP contribution is 2.19. The lowest BCUT2D eigenvalue weighted by Crippen LogP contribution is -2.39. The highest BCUT2D eigenvalue weighted by atomic mass is 16.5. The molecule has 0 spiro atoms. The minimum absolute atomic E-state index is 0.535. The Bertz CT molecular complexity index is 764. The molecule has 0 radical (unpaired) electrons. The molecule has 2 heterocycles. The van der Waals surface area contributed by atoms with Crippen molar-refractivity contribution in [2.75, 3.05) is 40.3 Å². The second kappa shape index (κ2) is 10.8. The number of ether oxygens (including phenoxy) is 1. The predicted molar refractivity (Wildman–Crippen MR) is 116 cm³/mol. The van der Waals surface area contributed by atoms with Crippen LogP contribution in [0.15, 0.2) is 29.3 Å². The first-order valence-corrected chi connectivity index (χ1v) is 10.4. The molecule has 1 aromatic heterocycles. The molecule has 1 aliphatic rings. The van der Waals surface area contributed by atoms with Crippen LogP contribution in [0.3, 0.4) is 0 Å². The maximum Gasteiger partial charge on any atom is 0.191 e. The number of aliphatic imine (C=N–C) groups is 1. The van der Waals surface area contributed by atoms with E-state index < -0.39 is 0 Å². The molecule has 2 aromatic rings. The Morgan fingerprint density at radius 1 is 1.24 bits per heavy atom. The summed E-state index contributed by atoms with van der Waals surface area (Å²) in [6, 6.07) is 7.70. The van der Waals surface area contributed by atoms with Crippen molar-refractivity contribution in [1.82, 2.24) is 30.7 Å². The van der Waals surface area contributed by atoms with Crippen LogP contribution in [0.1, 0.15) is 32.0 Å². The zero-order valence-corrected chi connectivity index (χ0v) is 17.7. The number of aromatic amines is 1. The summed E-state index contributed by atoms with van der Waals surface area (Å²) in [5, 5.41) is 13.9. The van der Waals surface area contributed by atoms with Crippen LogP contribution in [0, 0.1) is 5.92 Å². The minimum atomic E-state index is 0.535. The maximum atomic E-state index is 5.18. The van der Waals surface area contributed by atoms with E-state index in [2.05, 4.69) is 42.6 Å². The summed E-state index contributed by atoms with van der Waals surface area (Å²) in [4.78, 5) is 11.4. The van der Waals surface area contributed by atoms with Gasteiger partial charge in [0.05, 0.1) is 13.7 Å². The van der Waals surface area contributed by atoms with Crippen molar-refractivity contribution in [3.8, 4) is 17.1 Å². The van der Waals surface area contributed by atoms with E-state index in [1.54, 1.807) is 14.2 Å². The summed E-state index contributed by atoms with van der Waals surface area (Å²) in [6.07, 6.45) is 3.76. The van der Waals surface area contributed by atoms with E-state index in [0.29, 0.717) is 12.4 Å². The number of methoxy groups -OCH3 is 1. The zero-order chi connectivity index (χ0) is 20.5. The summed E-state index contributed by atoms with van der Waals surface area (Å²) in [5.41, 5.74) is 0.947. The van der Waals surface area contributed by atoms with Gasteiger partial charge in [-0.1, -0.05) is 6.92 Å². The van der Waals surface area contributed by atoms with Crippen LogP contribution in [0.4, 0.5) is 0 Å². The van der Waals surface area contributed by atoms with E-state index in [1.165, 1.54) is 25.9 Å². The lowest BCUT2D eigenvalue weighted by molar-refractivity contribution is 0.191. The molecule has 8 heteroatoms. The first kappa shape index (κ1) is 21.1. The average molecular weight is 400 g/mol. The van der Waals surface area contributed by atoms with Gasteiger partial charge in [0, 0.05) is 19.2 Å². The Kier molecular flexibility index (Phi) is 7.86. The number of rotatable bonds is 8. The van der Waals surface area contributed by atoms with Crippen molar-refractivity contribution >= 4 is 5.96 Å². The van der Waals surface area contributed by atoms with Gasteiger partial charge in [0.2, 0.25) is 0 Å². The number of likely N-dealkylation sites (tertiary alicyclic amines) is 1. The quantitative estimate of drug-likeness (QED) is 0.358. The number of hydrogen-bond acceptors (Lipinski definition) is 5. The van der Waals surface area contributed by atoms with Gasteiger partial charge in [0.25, 0.3) is 0 Å². The molecule has 8 nitrogen and oxygen atoms in total. The molecule has 1 aromatic carbocycles. The summed E-state index contributed by atoms with van der Waals surface area (Å²) < 4.78 is 5.18. The van der Waals surface area contributed by atoms with E-state index in [1.807, 2.05) is 24.3 Å².